The van der Waals surface area contributed by atoms with E-state index in [1.54, 1.807) is 0 Å². The Morgan fingerprint density at radius 1 is 0.484 bits per heavy atom. The Morgan fingerprint density at radius 3 is 1.77 bits per heavy atom. The number of aromatic nitrogens is 4. The number of hydrogen-bond acceptors (Lipinski definition) is 3. The fourth-order valence-corrected chi connectivity index (χ4v) is 9.07. The average molecular weight is 833 g/mol. The number of pyridine rings is 1. The number of benzene rings is 7. The van der Waals surface area contributed by atoms with Crippen LogP contribution in [0.15, 0.2) is 188 Å². The molecule has 7 aromatic carbocycles. The van der Waals surface area contributed by atoms with Gasteiger partial charge in [-0.15, -0.1) is 0 Å². The van der Waals surface area contributed by atoms with Crippen molar-refractivity contribution >= 4 is 21.8 Å². The van der Waals surface area contributed by atoms with Gasteiger partial charge in [0.25, 0.3) is 0 Å². The molecule has 0 aliphatic heterocycles. The van der Waals surface area contributed by atoms with Crippen LogP contribution in [0, 0.1) is 6.92 Å². The van der Waals surface area contributed by atoms with Gasteiger partial charge in [-0.1, -0.05) is 157 Å². The maximum atomic E-state index is 6.78. The van der Waals surface area contributed by atoms with E-state index in [-0.39, 0.29) is 10.8 Å². The van der Waals surface area contributed by atoms with E-state index in [4.69, 9.17) is 14.7 Å². The molecule has 5 heteroatoms. The third-order valence-electron chi connectivity index (χ3n) is 12.3. The van der Waals surface area contributed by atoms with Crippen LogP contribution in [0.4, 0.5) is 0 Å². The van der Waals surface area contributed by atoms with Crippen LogP contribution in [0.5, 0.6) is 11.5 Å². The summed E-state index contributed by atoms with van der Waals surface area (Å²) in [6.45, 7) is 15.8. The van der Waals surface area contributed by atoms with E-state index < -0.39 is 0 Å². The first-order chi connectivity index (χ1) is 30.9. The topological polar surface area (TPSA) is 44.9 Å². The number of rotatable bonds is 8. The molecule has 10 aromatic rings. The third kappa shape index (κ3) is 7.58. The standard InChI is InChI=1S/C59H52N4O/c1-39-33-49(40-17-10-8-11-18-40)56(50(34-39)41-19-12-9-13-20-41)62-32-31-60-57(62)43-21-16-22-45(35-43)64-46-29-30-48-47-23-14-15-24-53(47)63(54(48)36-46)55-37-52(59(5,6)7)51(38-61-55)42-25-27-44(28-26-42)58(2,3)4/h8-38H,1-7H3. The molecule has 10 rings (SSSR count). The largest absolute Gasteiger partial charge is 0.457 e. The van der Waals surface area contributed by atoms with Crippen LogP contribution in [0.25, 0.3) is 78.1 Å². The first kappa shape index (κ1) is 40.6. The van der Waals surface area contributed by atoms with Crippen molar-refractivity contribution < 1.29 is 4.74 Å². The zero-order chi connectivity index (χ0) is 44.2. The summed E-state index contributed by atoms with van der Waals surface area (Å²) in [4.78, 5) is 10.2. The van der Waals surface area contributed by atoms with E-state index in [1.165, 1.54) is 27.6 Å². The van der Waals surface area contributed by atoms with E-state index in [1.807, 2.05) is 18.3 Å². The van der Waals surface area contributed by atoms with Gasteiger partial charge in [0.2, 0.25) is 0 Å². The van der Waals surface area contributed by atoms with Crippen LogP contribution >= 0.6 is 0 Å². The molecule has 0 bridgehead atoms. The Kier molecular flexibility index (Phi) is 10.1. The molecule has 0 N–H and O–H groups in total. The van der Waals surface area contributed by atoms with E-state index in [0.717, 1.165) is 78.6 Å². The quantitative estimate of drug-likeness (QED) is 0.153. The van der Waals surface area contributed by atoms with Crippen molar-refractivity contribution in [2.24, 2.45) is 0 Å². The van der Waals surface area contributed by atoms with Crippen molar-refractivity contribution in [3.8, 4) is 67.8 Å². The minimum absolute atomic E-state index is 0.0842. The summed E-state index contributed by atoms with van der Waals surface area (Å²) in [6, 6.07) is 60.2. The van der Waals surface area contributed by atoms with Crippen LogP contribution in [0.1, 0.15) is 58.2 Å². The monoisotopic (exact) mass is 832 g/mol. The molecule has 0 aliphatic carbocycles. The van der Waals surface area contributed by atoms with Gasteiger partial charge in [-0.3, -0.25) is 9.13 Å². The predicted molar refractivity (Wildman–Crippen MR) is 266 cm³/mol. The fourth-order valence-electron chi connectivity index (χ4n) is 9.07. The van der Waals surface area contributed by atoms with Gasteiger partial charge in [0.05, 0.1) is 16.7 Å². The van der Waals surface area contributed by atoms with Crippen molar-refractivity contribution in [3.63, 3.8) is 0 Å². The van der Waals surface area contributed by atoms with Crippen molar-refractivity contribution in [1.29, 1.82) is 0 Å². The molecule has 0 unspecified atom stereocenters. The second kappa shape index (κ2) is 16.0. The minimum Gasteiger partial charge on any atom is -0.457 e. The first-order valence-corrected chi connectivity index (χ1v) is 22.1. The van der Waals surface area contributed by atoms with E-state index in [2.05, 4.69) is 228 Å². The third-order valence-corrected chi connectivity index (χ3v) is 12.3. The van der Waals surface area contributed by atoms with E-state index >= 15 is 0 Å². The molecule has 3 aromatic heterocycles. The van der Waals surface area contributed by atoms with Gasteiger partial charge in [-0.2, -0.15) is 0 Å². The molecule has 0 aliphatic rings. The molecule has 64 heavy (non-hydrogen) atoms. The van der Waals surface area contributed by atoms with Gasteiger partial charge in [-0.25, -0.2) is 9.97 Å². The molecule has 0 saturated carbocycles. The van der Waals surface area contributed by atoms with Crippen molar-refractivity contribution in [1.82, 2.24) is 19.1 Å². The number of hydrogen-bond donors (Lipinski definition) is 0. The van der Waals surface area contributed by atoms with Crippen molar-refractivity contribution in [2.75, 3.05) is 0 Å². The summed E-state index contributed by atoms with van der Waals surface area (Å²) < 4.78 is 11.3. The lowest BCUT2D eigenvalue weighted by Crippen LogP contribution is -2.15. The molecule has 3 heterocycles. The van der Waals surface area contributed by atoms with Gasteiger partial charge in [0.1, 0.15) is 23.1 Å². The highest BCUT2D eigenvalue weighted by Gasteiger charge is 2.24. The maximum absolute atomic E-state index is 6.78. The lowest BCUT2D eigenvalue weighted by Gasteiger charge is -2.25. The summed E-state index contributed by atoms with van der Waals surface area (Å²) >= 11 is 0. The van der Waals surface area contributed by atoms with Crippen LogP contribution in [-0.2, 0) is 10.8 Å². The summed E-state index contributed by atoms with van der Waals surface area (Å²) in [7, 11) is 0. The zero-order valence-corrected chi connectivity index (χ0v) is 37.6. The summed E-state index contributed by atoms with van der Waals surface area (Å²) in [5.74, 6) is 3.16. The fraction of sp³-hybridized carbons (Fsp3) is 0.153. The molecule has 0 amide bonds. The Morgan fingerprint density at radius 2 is 1.09 bits per heavy atom. The van der Waals surface area contributed by atoms with E-state index in [9.17, 15) is 0 Å². The van der Waals surface area contributed by atoms with Crippen molar-refractivity contribution in [2.45, 2.75) is 59.3 Å². The molecule has 0 spiro atoms. The maximum Gasteiger partial charge on any atom is 0.144 e. The molecule has 0 radical (unpaired) electrons. The number of aryl methyl sites for hydroxylation is 1. The number of nitrogens with zero attached hydrogens (tertiary/aromatic N) is 4. The number of fused-ring (bicyclic) bond motifs is 3. The molecule has 0 saturated heterocycles. The summed E-state index contributed by atoms with van der Waals surface area (Å²) in [6.07, 6.45) is 6.00. The highest BCUT2D eigenvalue weighted by molar-refractivity contribution is 6.09. The smallest absolute Gasteiger partial charge is 0.144 e. The lowest BCUT2D eigenvalue weighted by atomic mass is 9.81. The van der Waals surface area contributed by atoms with Gasteiger partial charge >= 0.3 is 0 Å². The lowest BCUT2D eigenvalue weighted by molar-refractivity contribution is 0.483. The van der Waals surface area contributed by atoms with Crippen molar-refractivity contribution in [3.05, 3.63) is 205 Å². The molecular weight excluding hydrogens is 781 g/mol. The highest BCUT2D eigenvalue weighted by Crippen LogP contribution is 2.41. The number of para-hydroxylation sites is 1. The summed E-state index contributed by atoms with van der Waals surface area (Å²) in [5, 5.41) is 2.31. The van der Waals surface area contributed by atoms with Crippen LogP contribution in [-0.4, -0.2) is 19.1 Å². The molecule has 314 valence electrons. The zero-order valence-electron chi connectivity index (χ0n) is 37.6. The number of imidazole rings is 1. The van der Waals surface area contributed by atoms with Crippen LogP contribution < -0.4 is 4.74 Å². The van der Waals surface area contributed by atoms with Crippen LogP contribution in [0.3, 0.4) is 0 Å². The average Bonchev–Trinajstić information content (AvgIpc) is 3.92. The molecule has 0 fully saturated rings. The minimum atomic E-state index is -0.131. The Bertz CT molecular complexity index is 3250. The Labute approximate surface area is 376 Å². The number of ether oxygens (including phenoxy) is 1. The predicted octanol–water partition coefficient (Wildman–Crippen LogP) is 15.7. The second-order valence-corrected chi connectivity index (χ2v) is 18.9. The SMILES string of the molecule is Cc1cc(-c2ccccc2)c(-n2ccnc2-c2cccc(Oc3ccc4c5ccccc5n(-c5cc(C(C)(C)C)c(-c6ccc(C(C)(C)C)cc6)cn5)c4c3)c2)c(-c2ccccc2)c1. The highest BCUT2D eigenvalue weighted by atomic mass is 16.5. The van der Waals surface area contributed by atoms with E-state index in [0.29, 0.717) is 0 Å². The van der Waals surface area contributed by atoms with Crippen LogP contribution in [0.2, 0.25) is 0 Å². The Balaban J connectivity index is 1.05. The first-order valence-electron chi connectivity index (χ1n) is 22.1. The summed E-state index contributed by atoms with van der Waals surface area (Å²) in [5.41, 5.74) is 14.8. The van der Waals surface area contributed by atoms with Gasteiger partial charge in [0.15, 0.2) is 0 Å². The Hall–Kier alpha value is -7.50. The molecule has 0 atom stereocenters. The second-order valence-electron chi connectivity index (χ2n) is 18.9. The van der Waals surface area contributed by atoms with Gasteiger partial charge < -0.3 is 4.74 Å². The molecule has 5 nitrogen and oxygen atoms in total. The van der Waals surface area contributed by atoms with Gasteiger partial charge in [0, 0.05) is 57.7 Å². The normalized spacial score (nSPS) is 12.0. The van der Waals surface area contributed by atoms with Gasteiger partial charge in [-0.05, 0) is 99.7 Å². The molecular formula is C59H52N4O.